The topological polar surface area (TPSA) is 74.0 Å². The minimum absolute atomic E-state index is 0.0995. The van der Waals surface area contributed by atoms with Gasteiger partial charge in [-0.05, 0) is 79.9 Å². The molecule has 2 fully saturated rings. The van der Waals surface area contributed by atoms with Crippen molar-refractivity contribution in [3.8, 4) is 5.75 Å². The summed E-state index contributed by atoms with van der Waals surface area (Å²) in [6.07, 6.45) is 11.0. The fourth-order valence-corrected chi connectivity index (χ4v) is 6.54. The first-order valence-electron chi connectivity index (χ1n) is 11.6. The molecule has 1 aromatic rings. The zero-order valence-electron chi connectivity index (χ0n) is 19.1. The molecule has 3 aliphatic carbocycles. The number of hydrogen-bond donors (Lipinski definition) is 2. The number of benzene rings is 1. The highest BCUT2D eigenvalue weighted by molar-refractivity contribution is 5.79. The lowest BCUT2D eigenvalue weighted by molar-refractivity contribution is -0.991. The van der Waals surface area contributed by atoms with E-state index in [-0.39, 0.29) is 23.0 Å². The minimum Gasteiger partial charge on any atom is -0.595 e. The highest BCUT2D eigenvalue weighted by Gasteiger charge is 2.58. The van der Waals surface area contributed by atoms with E-state index in [1.54, 1.807) is 17.7 Å². The molecule has 168 valence electrons. The van der Waals surface area contributed by atoms with Gasteiger partial charge < -0.3 is 9.94 Å². The summed E-state index contributed by atoms with van der Waals surface area (Å²) < 4.78 is 5.81. The number of hydrogen-bond acceptors (Lipinski definition) is 4. The van der Waals surface area contributed by atoms with Gasteiger partial charge in [0.25, 0.3) is 0 Å². The van der Waals surface area contributed by atoms with Crippen LogP contribution in [0.3, 0.4) is 0 Å². The largest absolute Gasteiger partial charge is 0.595 e. The number of quaternary nitrogens is 1. The quantitative estimate of drug-likeness (QED) is 0.398. The van der Waals surface area contributed by atoms with E-state index in [4.69, 9.17) is 9.94 Å². The molecule has 2 N–H and O–H groups in total. The molecule has 0 aliphatic heterocycles. The Labute approximate surface area is 185 Å². The summed E-state index contributed by atoms with van der Waals surface area (Å²) in [5.74, 6) is 1.60. The van der Waals surface area contributed by atoms with Crippen molar-refractivity contribution in [3.05, 3.63) is 52.8 Å². The van der Waals surface area contributed by atoms with E-state index in [1.807, 2.05) is 0 Å². The van der Waals surface area contributed by atoms with E-state index in [0.29, 0.717) is 17.6 Å². The zero-order valence-corrected chi connectivity index (χ0v) is 19.1. The standard InChI is InChI=1S/C26H35NO4/c1-17(2)18-6-12-22-19(16-18)7-13-23-25(22,3)14-5-15-26(23,4)24(28)31-21-10-8-20(9-11-21)27(29)30/h6,8-11,16-17,22-23,27,29H,5,7,12-15H2,1-4H3/t22-,23+,25+,26+/m0/s1. The van der Waals surface area contributed by atoms with Crippen molar-refractivity contribution in [3.63, 3.8) is 0 Å². The van der Waals surface area contributed by atoms with Crippen molar-refractivity contribution in [1.29, 1.82) is 0 Å². The molecule has 4 rings (SSSR count). The molecule has 0 saturated heterocycles. The number of ether oxygens (including phenoxy) is 1. The second-order valence-corrected chi connectivity index (χ2v) is 10.5. The van der Waals surface area contributed by atoms with Gasteiger partial charge >= 0.3 is 5.97 Å². The summed E-state index contributed by atoms with van der Waals surface area (Å²) in [6.45, 7) is 9.01. The first-order chi connectivity index (χ1) is 14.6. The maximum absolute atomic E-state index is 13.4. The number of nitrogens with one attached hydrogen (secondary N) is 1. The predicted octanol–water partition coefficient (Wildman–Crippen LogP) is 5.13. The van der Waals surface area contributed by atoms with Gasteiger partial charge in [-0.1, -0.05) is 44.9 Å². The number of carbonyl (C=O) groups is 1. The Bertz CT molecular complexity index is 900. The maximum Gasteiger partial charge on any atom is 0.317 e. The summed E-state index contributed by atoms with van der Waals surface area (Å²) in [6, 6.07) is 6.12. The second-order valence-electron chi connectivity index (χ2n) is 10.5. The van der Waals surface area contributed by atoms with Crippen LogP contribution in [0.1, 0.15) is 66.2 Å². The molecule has 5 nitrogen and oxygen atoms in total. The van der Waals surface area contributed by atoms with Crippen LogP contribution in [-0.2, 0) is 4.79 Å². The predicted molar refractivity (Wildman–Crippen MR) is 120 cm³/mol. The molecule has 0 heterocycles. The normalized spacial score (nSPS) is 33.6. The van der Waals surface area contributed by atoms with Crippen molar-refractivity contribution in [1.82, 2.24) is 0 Å². The fourth-order valence-electron chi connectivity index (χ4n) is 6.54. The molecule has 2 saturated carbocycles. The van der Waals surface area contributed by atoms with Gasteiger partial charge in [0.1, 0.15) is 5.75 Å². The Morgan fingerprint density at radius 3 is 2.58 bits per heavy atom. The van der Waals surface area contributed by atoms with Crippen molar-refractivity contribution in [2.75, 3.05) is 0 Å². The van der Waals surface area contributed by atoms with Gasteiger partial charge in [0.05, 0.1) is 5.41 Å². The number of esters is 1. The van der Waals surface area contributed by atoms with Crippen LogP contribution in [0.5, 0.6) is 5.75 Å². The highest BCUT2D eigenvalue weighted by atomic mass is 16.8. The van der Waals surface area contributed by atoms with Gasteiger partial charge in [0.2, 0.25) is 0 Å². The van der Waals surface area contributed by atoms with Crippen LogP contribution in [0.15, 0.2) is 47.6 Å². The molecule has 0 bridgehead atoms. The van der Waals surface area contributed by atoms with Crippen LogP contribution < -0.4 is 9.96 Å². The van der Waals surface area contributed by atoms with Gasteiger partial charge in [-0.2, -0.15) is 5.23 Å². The molecule has 5 atom stereocenters. The Kier molecular flexibility index (Phi) is 5.88. The number of rotatable bonds is 4. The van der Waals surface area contributed by atoms with E-state index in [1.165, 1.54) is 17.7 Å². The fraction of sp³-hybridized carbons (Fsp3) is 0.577. The second kappa shape index (κ2) is 8.19. The number of carbonyl (C=O) groups excluding carboxylic acids is 1. The lowest BCUT2D eigenvalue weighted by Gasteiger charge is -2.58. The monoisotopic (exact) mass is 425 g/mol. The lowest BCUT2D eigenvalue weighted by Crippen LogP contribution is -2.99. The van der Waals surface area contributed by atoms with Crippen LogP contribution in [0.2, 0.25) is 0 Å². The Hall–Kier alpha value is -1.95. The third-order valence-corrected chi connectivity index (χ3v) is 8.33. The van der Waals surface area contributed by atoms with Crippen LogP contribution in [0.4, 0.5) is 5.69 Å². The molecule has 0 spiro atoms. The Balaban J connectivity index is 1.56. The van der Waals surface area contributed by atoms with Crippen LogP contribution >= 0.6 is 0 Å². The first kappa shape index (κ1) is 22.3. The van der Waals surface area contributed by atoms with Crippen molar-refractivity contribution in [2.24, 2.45) is 28.6 Å². The molecule has 31 heavy (non-hydrogen) atoms. The van der Waals surface area contributed by atoms with Gasteiger partial charge in [0.15, 0.2) is 5.69 Å². The van der Waals surface area contributed by atoms with Crippen LogP contribution in [0.25, 0.3) is 0 Å². The first-order valence-corrected chi connectivity index (χ1v) is 11.6. The Morgan fingerprint density at radius 2 is 1.94 bits per heavy atom. The third-order valence-electron chi connectivity index (χ3n) is 8.33. The van der Waals surface area contributed by atoms with Crippen molar-refractivity contribution in [2.45, 2.75) is 66.2 Å². The summed E-state index contributed by atoms with van der Waals surface area (Å²) in [5.41, 5.74) is 2.80. The van der Waals surface area contributed by atoms with Gasteiger partial charge in [-0.3, -0.25) is 4.79 Å². The maximum atomic E-state index is 13.4. The SMILES string of the molecule is CC(C)C1=CC[C@H]2C(=C1)CC[C@@H]1[C@]2(C)CCC[C@@]1(C)C(=O)Oc1ccc([NH+]([O-])O)cc1. The third kappa shape index (κ3) is 3.88. The molecule has 1 aromatic carbocycles. The minimum atomic E-state index is -0.985. The highest BCUT2D eigenvalue weighted by Crippen LogP contribution is 2.63. The summed E-state index contributed by atoms with van der Waals surface area (Å²) >= 11 is 0. The molecule has 0 aromatic heterocycles. The Morgan fingerprint density at radius 1 is 1.23 bits per heavy atom. The molecule has 3 aliphatic rings. The van der Waals surface area contributed by atoms with Crippen LogP contribution in [0, 0.1) is 33.8 Å². The van der Waals surface area contributed by atoms with Crippen molar-refractivity contribution < 1.29 is 20.0 Å². The average molecular weight is 426 g/mol. The molecular formula is C26H35NO4. The van der Waals surface area contributed by atoms with E-state index < -0.39 is 10.6 Å². The van der Waals surface area contributed by atoms with Crippen molar-refractivity contribution >= 4 is 11.7 Å². The average Bonchev–Trinajstić information content (AvgIpc) is 2.73. The lowest BCUT2D eigenvalue weighted by atomic mass is 9.46. The van der Waals surface area contributed by atoms with Gasteiger partial charge in [0, 0.05) is 12.1 Å². The number of allylic oxidation sites excluding steroid dienone is 4. The molecule has 0 radical (unpaired) electrons. The molecule has 5 heteroatoms. The molecular weight excluding hydrogens is 390 g/mol. The summed E-state index contributed by atoms with van der Waals surface area (Å²) in [7, 11) is 0. The van der Waals surface area contributed by atoms with Gasteiger partial charge in [-0.25, -0.2) is 5.21 Å². The summed E-state index contributed by atoms with van der Waals surface area (Å²) in [4.78, 5) is 13.4. The zero-order chi connectivity index (χ0) is 22.4. The van der Waals surface area contributed by atoms with Gasteiger partial charge in [-0.15, -0.1) is 0 Å². The van der Waals surface area contributed by atoms with E-state index in [9.17, 15) is 10.0 Å². The van der Waals surface area contributed by atoms with Crippen LogP contribution in [-0.4, -0.2) is 11.2 Å². The van der Waals surface area contributed by atoms with E-state index in [0.717, 1.165) is 38.5 Å². The molecule has 0 amide bonds. The van der Waals surface area contributed by atoms with E-state index >= 15 is 0 Å². The van der Waals surface area contributed by atoms with E-state index in [2.05, 4.69) is 39.8 Å². The smallest absolute Gasteiger partial charge is 0.317 e. The molecule has 1 unspecified atom stereocenters. The number of fused-ring (bicyclic) bond motifs is 3. The summed E-state index contributed by atoms with van der Waals surface area (Å²) in [5, 5.41) is 19.2.